The van der Waals surface area contributed by atoms with Gasteiger partial charge in [0.2, 0.25) is 0 Å². The van der Waals surface area contributed by atoms with Crippen LogP contribution in [0.3, 0.4) is 0 Å². The Kier molecular flexibility index (Phi) is 4.49. The topological polar surface area (TPSA) is 12.0 Å². The van der Waals surface area contributed by atoms with Gasteiger partial charge in [-0.2, -0.15) is 0 Å². The molecule has 1 saturated heterocycles. The number of hydrogen-bond acceptors (Lipinski definition) is 1. The summed E-state index contributed by atoms with van der Waals surface area (Å²) in [6, 6.07) is 21.8. The first-order valence-electron chi connectivity index (χ1n) is 7.69. The summed E-state index contributed by atoms with van der Waals surface area (Å²) < 4.78 is 0. The monoisotopic (exact) mass is 265 g/mol. The van der Waals surface area contributed by atoms with Crippen LogP contribution >= 0.6 is 0 Å². The molecule has 1 unspecified atom stereocenters. The van der Waals surface area contributed by atoms with E-state index < -0.39 is 0 Å². The fraction of sp³-hybridized carbons (Fsp3) is 0.368. The van der Waals surface area contributed by atoms with Gasteiger partial charge >= 0.3 is 0 Å². The first-order chi connectivity index (χ1) is 9.90. The minimum absolute atomic E-state index is 0.778. The summed E-state index contributed by atoms with van der Waals surface area (Å²) >= 11 is 0. The van der Waals surface area contributed by atoms with Crippen molar-refractivity contribution in [2.45, 2.75) is 19.3 Å². The van der Waals surface area contributed by atoms with Crippen molar-refractivity contribution in [1.29, 1.82) is 0 Å². The van der Waals surface area contributed by atoms with Crippen LogP contribution in [0.2, 0.25) is 0 Å². The van der Waals surface area contributed by atoms with Gasteiger partial charge in [-0.05, 0) is 55.3 Å². The van der Waals surface area contributed by atoms with Crippen molar-refractivity contribution >= 4 is 0 Å². The molecule has 0 saturated carbocycles. The van der Waals surface area contributed by atoms with Crippen LogP contribution in [-0.2, 0) is 12.8 Å². The van der Waals surface area contributed by atoms with Gasteiger partial charge in [0.05, 0.1) is 0 Å². The van der Waals surface area contributed by atoms with Crippen LogP contribution in [0.4, 0.5) is 0 Å². The fourth-order valence-electron chi connectivity index (χ4n) is 3.34. The van der Waals surface area contributed by atoms with Gasteiger partial charge in [-0.25, -0.2) is 0 Å². The third-order valence-corrected chi connectivity index (χ3v) is 4.27. The van der Waals surface area contributed by atoms with Crippen molar-refractivity contribution < 1.29 is 0 Å². The predicted octanol–water partition coefficient (Wildman–Crippen LogP) is 3.70. The molecule has 1 aliphatic heterocycles. The van der Waals surface area contributed by atoms with E-state index in [1.807, 2.05) is 0 Å². The van der Waals surface area contributed by atoms with Gasteiger partial charge in [-0.15, -0.1) is 0 Å². The van der Waals surface area contributed by atoms with Gasteiger partial charge in [-0.3, -0.25) is 0 Å². The van der Waals surface area contributed by atoms with Gasteiger partial charge < -0.3 is 5.32 Å². The van der Waals surface area contributed by atoms with Crippen molar-refractivity contribution in [2.75, 3.05) is 13.1 Å². The van der Waals surface area contributed by atoms with E-state index in [9.17, 15) is 0 Å². The van der Waals surface area contributed by atoms with E-state index in [-0.39, 0.29) is 0 Å². The summed E-state index contributed by atoms with van der Waals surface area (Å²) in [6.07, 6.45) is 3.76. The van der Waals surface area contributed by atoms with Crippen LogP contribution in [0.25, 0.3) is 0 Å². The molecule has 20 heavy (non-hydrogen) atoms. The molecule has 0 amide bonds. The Bertz CT molecular complexity index is 458. The van der Waals surface area contributed by atoms with Crippen molar-refractivity contribution in [2.24, 2.45) is 11.8 Å². The molecule has 1 heterocycles. The average molecular weight is 265 g/mol. The third-order valence-electron chi connectivity index (χ3n) is 4.27. The van der Waals surface area contributed by atoms with E-state index in [1.165, 1.54) is 43.5 Å². The lowest BCUT2D eigenvalue weighted by Crippen LogP contribution is -2.38. The molecule has 0 bridgehead atoms. The van der Waals surface area contributed by atoms with Crippen LogP contribution < -0.4 is 5.32 Å². The molecule has 2 atom stereocenters. The Morgan fingerprint density at radius 2 is 1.15 bits per heavy atom. The zero-order chi connectivity index (χ0) is 13.6. The van der Waals surface area contributed by atoms with Crippen LogP contribution in [-0.4, -0.2) is 13.1 Å². The molecule has 3 rings (SSSR count). The highest BCUT2D eigenvalue weighted by Gasteiger charge is 2.21. The van der Waals surface area contributed by atoms with Gasteiger partial charge in [0.15, 0.2) is 0 Å². The van der Waals surface area contributed by atoms with E-state index in [1.54, 1.807) is 0 Å². The molecule has 104 valence electrons. The van der Waals surface area contributed by atoms with E-state index >= 15 is 0 Å². The second-order valence-corrected chi connectivity index (χ2v) is 6.01. The average Bonchev–Trinajstić information content (AvgIpc) is 2.50. The minimum atomic E-state index is 0.778. The highest BCUT2D eigenvalue weighted by atomic mass is 14.9. The molecule has 1 heteroatoms. The van der Waals surface area contributed by atoms with Crippen LogP contribution in [0.1, 0.15) is 17.5 Å². The summed E-state index contributed by atoms with van der Waals surface area (Å²) in [5.74, 6) is 1.56. The summed E-state index contributed by atoms with van der Waals surface area (Å²) in [4.78, 5) is 0. The normalized spacial score (nSPS) is 22.6. The van der Waals surface area contributed by atoms with Crippen LogP contribution in [0.15, 0.2) is 60.7 Å². The molecule has 0 aliphatic carbocycles. The van der Waals surface area contributed by atoms with Gasteiger partial charge in [-0.1, -0.05) is 60.7 Å². The van der Waals surface area contributed by atoms with E-state index in [0.717, 1.165) is 11.8 Å². The van der Waals surface area contributed by atoms with E-state index in [0.29, 0.717) is 0 Å². The van der Waals surface area contributed by atoms with Gasteiger partial charge in [0, 0.05) is 0 Å². The molecule has 1 N–H and O–H groups in total. The molecular formula is C19H23N. The third kappa shape index (κ3) is 3.71. The van der Waals surface area contributed by atoms with E-state index in [2.05, 4.69) is 66.0 Å². The number of benzene rings is 2. The molecule has 0 aromatic heterocycles. The van der Waals surface area contributed by atoms with E-state index in [4.69, 9.17) is 0 Å². The zero-order valence-corrected chi connectivity index (χ0v) is 12.0. The Balaban J connectivity index is 1.57. The number of rotatable bonds is 4. The standard InChI is InChI=1S/C19H23N/c1-3-7-16(8-4-1)11-18-13-19(15-20-14-18)12-17-9-5-2-6-10-17/h1-10,18-20H,11-15H2/t18-,19?/m1/s1. The second kappa shape index (κ2) is 6.71. The molecule has 1 aliphatic rings. The largest absolute Gasteiger partial charge is 0.316 e. The molecule has 0 spiro atoms. The van der Waals surface area contributed by atoms with Crippen LogP contribution in [0, 0.1) is 11.8 Å². The maximum atomic E-state index is 3.63. The molecule has 2 aromatic rings. The maximum Gasteiger partial charge on any atom is -0.00171 e. The molecule has 1 fully saturated rings. The smallest absolute Gasteiger partial charge is 0.00171 e. The molecule has 1 nitrogen and oxygen atoms in total. The highest BCUT2D eigenvalue weighted by molar-refractivity contribution is 5.17. The highest BCUT2D eigenvalue weighted by Crippen LogP contribution is 2.23. The number of nitrogens with one attached hydrogen (secondary N) is 1. The lowest BCUT2D eigenvalue weighted by molar-refractivity contribution is 0.283. The second-order valence-electron chi connectivity index (χ2n) is 6.01. The molecule has 2 aromatic carbocycles. The first kappa shape index (κ1) is 13.4. The quantitative estimate of drug-likeness (QED) is 0.889. The lowest BCUT2D eigenvalue weighted by atomic mass is 9.83. The van der Waals surface area contributed by atoms with Crippen LogP contribution in [0.5, 0.6) is 0 Å². The van der Waals surface area contributed by atoms with Crippen molar-refractivity contribution in [3.05, 3.63) is 71.8 Å². The summed E-state index contributed by atoms with van der Waals surface area (Å²) in [7, 11) is 0. The summed E-state index contributed by atoms with van der Waals surface area (Å²) in [5.41, 5.74) is 2.94. The molecular weight excluding hydrogens is 242 g/mol. The van der Waals surface area contributed by atoms with Crippen molar-refractivity contribution in [3.63, 3.8) is 0 Å². The van der Waals surface area contributed by atoms with Gasteiger partial charge in [0.1, 0.15) is 0 Å². The summed E-state index contributed by atoms with van der Waals surface area (Å²) in [6.45, 7) is 2.33. The van der Waals surface area contributed by atoms with Gasteiger partial charge in [0.25, 0.3) is 0 Å². The lowest BCUT2D eigenvalue weighted by Gasteiger charge is -2.30. The fourth-order valence-corrected chi connectivity index (χ4v) is 3.34. The Morgan fingerprint density at radius 3 is 1.60 bits per heavy atom. The Morgan fingerprint density at radius 1 is 0.700 bits per heavy atom. The number of hydrogen-bond donors (Lipinski definition) is 1. The Hall–Kier alpha value is -1.60. The van der Waals surface area contributed by atoms with Crippen molar-refractivity contribution in [3.8, 4) is 0 Å². The Labute approximate surface area is 122 Å². The number of piperidine rings is 1. The molecule has 0 radical (unpaired) electrons. The first-order valence-corrected chi connectivity index (χ1v) is 7.69. The van der Waals surface area contributed by atoms with Crippen molar-refractivity contribution in [1.82, 2.24) is 5.32 Å². The SMILES string of the molecule is c1ccc(CC2CNC[C@H](Cc3ccccc3)C2)cc1. The maximum absolute atomic E-state index is 3.63. The minimum Gasteiger partial charge on any atom is -0.316 e. The zero-order valence-electron chi connectivity index (χ0n) is 12.0. The predicted molar refractivity (Wildman–Crippen MR) is 84.8 cm³/mol. The summed E-state index contributed by atoms with van der Waals surface area (Å²) in [5, 5.41) is 3.63.